The van der Waals surface area contributed by atoms with Gasteiger partial charge >= 0.3 is 0 Å². The molecule has 11 rings (SSSR count). The molecule has 3 nitrogen and oxygen atoms in total. The lowest BCUT2D eigenvalue weighted by molar-refractivity contribution is 1.05. The highest BCUT2D eigenvalue weighted by molar-refractivity contribution is 7.27. The Morgan fingerprint density at radius 3 is 1.88 bits per heavy atom. The van der Waals surface area contributed by atoms with Gasteiger partial charge in [-0.1, -0.05) is 158 Å². The first-order valence-corrected chi connectivity index (χ1v) is 18.4. The van der Waals surface area contributed by atoms with E-state index in [2.05, 4.69) is 156 Å². The second kappa shape index (κ2) is 11.5. The van der Waals surface area contributed by atoms with Crippen LogP contribution in [-0.2, 0) is 0 Å². The summed E-state index contributed by atoms with van der Waals surface area (Å²) < 4.78 is 4.97. The van der Waals surface area contributed by atoms with Gasteiger partial charge in [0.25, 0.3) is 0 Å². The number of nitrogens with zero attached hydrogens (tertiary/aromatic N) is 3. The van der Waals surface area contributed by atoms with Gasteiger partial charge in [-0.05, 0) is 39.2 Å². The lowest BCUT2D eigenvalue weighted by Gasteiger charge is -2.14. The minimum atomic E-state index is 0.702. The summed E-state index contributed by atoms with van der Waals surface area (Å²) in [4.78, 5) is 10.5. The highest BCUT2D eigenvalue weighted by Gasteiger charge is 2.24. The molecule has 52 heavy (non-hydrogen) atoms. The quantitative estimate of drug-likeness (QED) is 0.185. The summed E-state index contributed by atoms with van der Waals surface area (Å²) in [6, 6.07) is 62.9. The largest absolute Gasteiger partial charge is 0.293 e. The van der Waals surface area contributed by atoms with E-state index >= 15 is 0 Å². The Morgan fingerprint density at radius 1 is 0.423 bits per heavy atom. The van der Waals surface area contributed by atoms with Gasteiger partial charge in [0.2, 0.25) is 0 Å². The monoisotopic (exact) mass is 679 g/mol. The fraction of sp³-hybridized carbons (Fsp3) is 0. The highest BCUT2D eigenvalue weighted by Crippen LogP contribution is 2.49. The van der Waals surface area contributed by atoms with Gasteiger partial charge in [0.1, 0.15) is 5.82 Å². The zero-order valence-electron chi connectivity index (χ0n) is 28.0. The maximum atomic E-state index is 5.37. The Kier molecular flexibility index (Phi) is 6.42. The van der Waals surface area contributed by atoms with E-state index in [4.69, 9.17) is 9.97 Å². The fourth-order valence-corrected chi connectivity index (χ4v) is 9.41. The van der Waals surface area contributed by atoms with Crippen molar-refractivity contribution in [2.75, 3.05) is 0 Å². The molecule has 8 aromatic carbocycles. The molecule has 0 amide bonds. The molecule has 4 heteroatoms. The molecule has 0 bridgehead atoms. The summed E-state index contributed by atoms with van der Waals surface area (Å²) in [6.07, 6.45) is 0. The third-order valence-corrected chi connectivity index (χ3v) is 11.7. The second-order valence-electron chi connectivity index (χ2n) is 13.3. The number of fused-ring (bicyclic) bond motifs is 10. The first-order valence-electron chi connectivity index (χ1n) is 17.6. The Balaban J connectivity index is 1.34. The maximum Gasteiger partial charge on any atom is 0.162 e. The molecule has 0 aliphatic carbocycles. The molecule has 11 aromatic rings. The lowest BCUT2D eigenvalue weighted by Crippen LogP contribution is -2.02. The predicted octanol–water partition coefficient (Wildman–Crippen LogP) is 13.2. The third-order valence-electron chi connectivity index (χ3n) is 10.4. The zero-order chi connectivity index (χ0) is 34.2. The SMILES string of the molecule is c1ccc(-c2cc(-n3c4ccccc4c4cc(-c5cccc6ccccc56)c5sc6c7ccccc7ccc6c5c43)nc(-c3ccccc3)n2)cc1. The van der Waals surface area contributed by atoms with E-state index in [1.54, 1.807) is 0 Å². The first-order chi connectivity index (χ1) is 25.8. The normalized spacial score (nSPS) is 11.8. The van der Waals surface area contributed by atoms with Gasteiger partial charge in [-0.2, -0.15) is 0 Å². The summed E-state index contributed by atoms with van der Waals surface area (Å²) in [7, 11) is 0. The number of rotatable bonds is 4. The Bertz CT molecular complexity index is 3110. The van der Waals surface area contributed by atoms with Crippen molar-refractivity contribution in [3.05, 3.63) is 176 Å². The van der Waals surface area contributed by atoms with Gasteiger partial charge in [-0.15, -0.1) is 11.3 Å². The molecule has 0 N–H and O–H groups in total. The topological polar surface area (TPSA) is 30.7 Å². The third kappa shape index (κ3) is 4.38. The second-order valence-corrected chi connectivity index (χ2v) is 14.4. The average Bonchev–Trinajstić information content (AvgIpc) is 3.77. The molecule has 0 saturated carbocycles. The van der Waals surface area contributed by atoms with Crippen LogP contribution in [0.1, 0.15) is 0 Å². The molecule has 0 spiro atoms. The Hall–Kier alpha value is -6.62. The fourth-order valence-electron chi connectivity index (χ4n) is 8.04. The van der Waals surface area contributed by atoms with Crippen molar-refractivity contribution in [3.8, 4) is 39.6 Å². The van der Waals surface area contributed by atoms with E-state index in [1.807, 2.05) is 35.6 Å². The van der Waals surface area contributed by atoms with Crippen LogP contribution in [0.25, 0.3) is 103 Å². The standard InChI is InChI=1S/C48H29N3S/c1-3-16-32(17-4-1)41-29-43(50-48(49-41)33-18-5-2-6-19-33)51-42-25-12-11-23-37(42)39-28-40(36-24-13-20-30-14-7-9-21-34(30)36)47-44(45(39)51)38-27-26-31-15-8-10-22-35(31)46(38)52-47/h1-29H. The van der Waals surface area contributed by atoms with Crippen LogP contribution in [0.5, 0.6) is 0 Å². The summed E-state index contributed by atoms with van der Waals surface area (Å²) in [5, 5.41) is 9.94. The number of para-hydroxylation sites is 1. The Labute approximate surface area is 303 Å². The number of hydrogen-bond donors (Lipinski definition) is 0. The summed E-state index contributed by atoms with van der Waals surface area (Å²) in [6.45, 7) is 0. The molecule has 0 radical (unpaired) electrons. The molecule has 242 valence electrons. The van der Waals surface area contributed by atoms with Crippen molar-refractivity contribution in [1.29, 1.82) is 0 Å². The molecule has 0 saturated heterocycles. The van der Waals surface area contributed by atoms with E-state index in [1.165, 1.54) is 69.1 Å². The van der Waals surface area contributed by atoms with Crippen LogP contribution in [0.2, 0.25) is 0 Å². The molecule has 3 aromatic heterocycles. The van der Waals surface area contributed by atoms with Crippen LogP contribution in [0.4, 0.5) is 0 Å². The van der Waals surface area contributed by atoms with Crippen molar-refractivity contribution >= 4 is 74.9 Å². The van der Waals surface area contributed by atoms with Crippen LogP contribution in [0.3, 0.4) is 0 Å². The number of aromatic nitrogens is 3. The van der Waals surface area contributed by atoms with Crippen molar-refractivity contribution in [1.82, 2.24) is 14.5 Å². The van der Waals surface area contributed by atoms with E-state index in [0.717, 1.165) is 28.2 Å². The lowest BCUT2D eigenvalue weighted by atomic mass is 9.94. The number of benzene rings is 8. The molecular formula is C48H29N3S. The molecule has 3 heterocycles. The average molecular weight is 680 g/mol. The molecule has 0 aliphatic rings. The minimum absolute atomic E-state index is 0.702. The van der Waals surface area contributed by atoms with Crippen LogP contribution >= 0.6 is 11.3 Å². The van der Waals surface area contributed by atoms with Gasteiger partial charge in [0, 0.05) is 53.7 Å². The summed E-state index contributed by atoms with van der Waals surface area (Å²) >= 11 is 1.90. The van der Waals surface area contributed by atoms with Crippen LogP contribution in [0.15, 0.2) is 176 Å². The van der Waals surface area contributed by atoms with E-state index in [9.17, 15) is 0 Å². The number of thiophene rings is 1. The summed E-state index contributed by atoms with van der Waals surface area (Å²) in [5.41, 5.74) is 7.71. The molecule has 0 unspecified atom stereocenters. The van der Waals surface area contributed by atoms with Crippen LogP contribution in [-0.4, -0.2) is 14.5 Å². The van der Waals surface area contributed by atoms with Gasteiger partial charge in [0.05, 0.1) is 16.7 Å². The maximum absolute atomic E-state index is 5.37. The van der Waals surface area contributed by atoms with Gasteiger partial charge < -0.3 is 0 Å². The van der Waals surface area contributed by atoms with E-state index in [-0.39, 0.29) is 0 Å². The zero-order valence-corrected chi connectivity index (χ0v) is 28.8. The van der Waals surface area contributed by atoms with E-state index < -0.39 is 0 Å². The van der Waals surface area contributed by atoms with E-state index in [0.29, 0.717) is 5.82 Å². The van der Waals surface area contributed by atoms with Gasteiger partial charge in [0.15, 0.2) is 5.82 Å². The summed E-state index contributed by atoms with van der Waals surface area (Å²) in [5.74, 6) is 1.55. The van der Waals surface area contributed by atoms with Gasteiger partial charge in [-0.3, -0.25) is 4.57 Å². The number of hydrogen-bond acceptors (Lipinski definition) is 3. The van der Waals surface area contributed by atoms with Crippen LogP contribution in [0, 0.1) is 0 Å². The smallest absolute Gasteiger partial charge is 0.162 e. The predicted molar refractivity (Wildman–Crippen MR) is 221 cm³/mol. The van der Waals surface area contributed by atoms with Crippen molar-refractivity contribution in [3.63, 3.8) is 0 Å². The Morgan fingerprint density at radius 2 is 1.08 bits per heavy atom. The van der Waals surface area contributed by atoms with Gasteiger partial charge in [-0.25, -0.2) is 9.97 Å². The first kappa shape index (κ1) is 29.1. The molecule has 0 aliphatic heterocycles. The molecular weight excluding hydrogens is 651 g/mol. The highest BCUT2D eigenvalue weighted by atomic mass is 32.1. The minimum Gasteiger partial charge on any atom is -0.293 e. The molecule has 0 atom stereocenters. The van der Waals surface area contributed by atoms with Crippen LogP contribution < -0.4 is 0 Å². The van der Waals surface area contributed by atoms with Crippen molar-refractivity contribution < 1.29 is 0 Å². The van der Waals surface area contributed by atoms with Crippen molar-refractivity contribution in [2.45, 2.75) is 0 Å². The van der Waals surface area contributed by atoms with Crippen molar-refractivity contribution in [2.24, 2.45) is 0 Å². The molecule has 0 fully saturated rings.